The number of hydrogen-bond donors (Lipinski definition) is 1. The Hall–Kier alpha value is -3.06. The van der Waals surface area contributed by atoms with Crippen LogP contribution in [0.2, 0.25) is 5.02 Å². The maximum Gasteiger partial charge on any atom is 0.257 e. The number of carbonyl (C=O) groups excluding carboxylic acids is 1. The first kappa shape index (κ1) is 16.4. The zero-order chi connectivity index (χ0) is 18.1. The number of amides is 1. The van der Waals surface area contributed by atoms with E-state index in [0.29, 0.717) is 33.5 Å². The molecule has 1 aliphatic rings. The van der Waals surface area contributed by atoms with Gasteiger partial charge in [-0.05, 0) is 30.3 Å². The molecule has 0 fully saturated rings. The molecule has 2 aromatic carbocycles. The van der Waals surface area contributed by atoms with Gasteiger partial charge in [0.2, 0.25) is 6.79 Å². The average Bonchev–Trinajstić information content (AvgIpc) is 3.26. The Morgan fingerprint density at radius 1 is 1.23 bits per heavy atom. The van der Waals surface area contributed by atoms with Gasteiger partial charge in [0.1, 0.15) is 5.82 Å². The van der Waals surface area contributed by atoms with Crippen molar-refractivity contribution in [2.24, 2.45) is 0 Å². The highest BCUT2D eigenvalue weighted by atomic mass is 35.5. The second-order valence-corrected chi connectivity index (χ2v) is 6.03. The lowest BCUT2D eigenvalue weighted by molar-refractivity contribution is 0.102. The molecule has 0 saturated carbocycles. The van der Waals surface area contributed by atoms with Gasteiger partial charge in [0, 0.05) is 28.4 Å². The van der Waals surface area contributed by atoms with Crippen molar-refractivity contribution < 1.29 is 18.7 Å². The number of nitrogens with one attached hydrogen (secondary N) is 1. The molecular formula is C18H13ClFN3O3. The summed E-state index contributed by atoms with van der Waals surface area (Å²) in [5, 5.41) is 7.25. The summed E-state index contributed by atoms with van der Waals surface area (Å²) in [4.78, 5) is 12.4. The Labute approximate surface area is 153 Å². The number of nitrogens with zero attached hydrogens (tertiary/aromatic N) is 2. The number of rotatable bonds is 4. The topological polar surface area (TPSA) is 65.4 Å². The van der Waals surface area contributed by atoms with E-state index in [1.54, 1.807) is 42.6 Å². The van der Waals surface area contributed by atoms with Crippen molar-refractivity contribution in [2.75, 3.05) is 12.1 Å². The van der Waals surface area contributed by atoms with Crippen molar-refractivity contribution in [1.29, 1.82) is 0 Å². The van der Waals surface area contributed by atoms with Gasteiger partial charge in [-0.15, -0.1) is 0 Å². The van der Waals surface area contributed by atoms with Crippen LogP contribution in [0.4, 0.5) is 10.2 Å². The number of anilines is 1. The number of benzene rings is 2. The molecule has 26 heavy (non-hydrogen) atoms. The van der Waals surface area contributed by atoms with Gasteiger partial charge in [0.15, 0.2) is 17.3 Å². The molecule has 0 aliphatic carbocycles. The van der Waals surface area contributed by atoms with Gasteiger partial charge in [-0.2, -0.15) is 5.10 Å². The fraction of sp³-hybridized carbons (Fsp3) is 0.111. The van der Waals surface area contributed by atoms with Crippen LogP contribution in [0.5, 0.6) is 11.5 Å². The first-order valence-electron chi connectivity index (χ1n) is 7.77. The predicted molar refractivity (Wildman–Crippen MR) is 93.3 cm³/mol. The van der Waals surface area contributed by atoms with Crippen molar-refractivity contribution in [2.45, 2.75) is 6.54 Å². The standard InChI is InChI=1S/C18H13ClFN3O3/c19-13-2-1-3-14(20)12(13)9-23-7-6-17(22-23)21-18(24)11-4-5-15-16(8-11)26-10-25-15/h1-8H,9-10H2,(H,21,22,24). The summed E-state index contributed by atoms with van der Waals surface area (Å²) in [5.41, 5.74) is 0.756. The van der Waals surface area contributed by atoms with E-state index in [0.717, 1.165) is 0 Å². The van der Waals surface area contributed by atoms with Crippen LogP contribution in [-0.4, -0.2) is 22.5 Å². The van der Waals surface area contributed by atoms with Gasteiger partial charge in [-0.3, -0.25) is 9.48 Å². The third kappa shape index (κ3) is 3.21. The van der Waals surface area contributed by atoms with Crippen LogP contribution in [0.3, 0.4) is 0 Å². The molecule has 0 radical (unpaired) electrons. The monoisotopic (exact) mass is 373 g/mol. The molecule has 1 aromatic heterocycles. The van der Waals surface area contributed by atoms with Crippen LogP contribution < -0.4 is 14.8 Å². The Bertz CT molecular complexity index is 969. The molecule has 4 rings (SSSR count). The molecule has 1 aliphatic heterocycles. The van der Waals surface area contributed by atoms with Gasteiger partial charge in [0.05, 0.1) is 6.54 Å². The van der Waals surface area contributed by atoms with Crippen molar-refractivity contribution in [3.63, 3.8) is 0 Å². The van der Waals surface area contributed by atoms with E-state index in [-0.39, 0.29) is 19.2 Å². The highest BCUT2D eigenvalue weighted by molar-refractivity contribution is 6.31. The molecule has 3 aromatic rings. The summed E-state index contributed by atoms with van der Waals surface area (Å²) in [6.07, 6.45) is 1.64. The zero-order valence-corrected chi connectivity index (χ0v) is 14.2. The van der Waals surface area contributed by atoms with Crippen LogP contribution in [0, 0.1) is 5.82 Å². The van der Waals surface area contributed by atoms with E-state index in [1.165, 1.54) is 10.7 Å². The summed E-state index contributed by atoms with van der Waals surface area (Å²) in [7, 11) is 0. The van der Waals surface area contributed by atoms with E-state index in [4.69, 9.17) is 21.1 Å². The number of ether oxygens (including phenoxy) is 2. The lowest BCUT2D eigenvalue weighted by atomic mass is 10.2. The zero-order valence-electron chi connectivity index (χ0n) is 13.4. The largest absolute Gasteiger partial charge is 0.454 e. The summed E-state index contributed by atoms with van der Waals surface area (Å²) in [5.74, 6) is 0.738. The molecule has 1 N–H and O–H groups in total. The quantitative estimate of drug-likeness (QED) is 0.757. The molecule has 0 atom stereocenters. The minimum absolute atomic E-state index is 0.142. The average molecular weight is 374 g/mol. The van der Waals surface area contributed by atoms with E-state index in [2.05, 4.69) is 10.4 Å². The van der Waals surface area contributed by atoms with Gasteiger partial charge < -0.3 is 14.8 Å². The molecule has 0 bridgehead atoms. The van der Waals surface area contributed by atoms with Crippen LogP contribution >= 0.6 is 11.6 Å². The van der Waals surface area contributed by atoms with Gasteiger partial charge >= 0.3 is 0 Å². The number of fused-ring (bicyclic) bond motifs is 1. The van der Waals surface area contributed by atoms with Crippen LogP contribution in [0.15, 0.2) is 48.7 Å². The fourth-order valence-electron chi connectivity index (χ4n) is 2.59. The Morgan fingerprint density at radius 3 is 2.92 bits per heavy atom. The second-order valence-electron chi connectivity index (χ2n) is 5.62. The minimum atomic E-state index is -0.404. The van der Waals surface area contributed by atoms with Crippen molar-refractivity contribution in [3.8, 4) is 11.5 Å². The normalized spacial score (nSPS) is 12.2. The molecule has 0 saturated heterocycles. The third-order valence-electron chi connectivity index (χ3n) is 3.90. The molecule has 1 amide bonds. The number of aromatic nitrogens is 2. The lowest BCUT2D eigenvalue weighted by Gasteiger charge is -2.06. The van der Waals surface area contributed by atoms with Gasteiger partial charge in [-0.25, -0.2) is 4.39 Å². The molecule has 8 heteroatoms. The summed E-state index contributed by atoms with van der Waals surface area (Å²) >= 11 is 6.02. The first-order valence-corrected chi connectivity index (χ1v) is 8.15. The molecular weight excluding hydrogens is 361 g/mol. The number of carbonyl (C=O) groups is 1. The van der Waals surface area contributed by atoms with Crippen molar-refractivity contribution in [1.82, 2.24) is 9.78 Å². The Kier molecular flexibility index (Phi) is 4.22. The van der Waals surface area contributed by atoms with E-state index in [1.807, 2.05) is 0 Å². The predicted octanol–water partition coefficient (Wildman–Crippen LogP) is 3.70. The second kappa shape index (κ2) is 6.68. The smallest absolute Gasteiger partial charge is 0.257 e. The SMILES string of the molecule is O=C(Nc1ccn(Cc2c(F)cccc2Cl)n1)c1ccc2c(c1)OCO2. The molecule has 132 valence electrons. The first-order chi connectivity index (χ1) is 12.6. The van der Waals surface area contributed by atoms with Gasteiger partial charge in [0.25, 0.3) is 5.91 Å². The maximum absolute atomic E-state index is 13.9. The maximum atomic E-state index is 13.9. The molecule has 0 spiro atoms. The van der Waals surface area contributed by atoms with Gasteiger partial charge in [-0.1, -0.05) is 17.7 Å². The minimum Gasteiger partial charge on any atom is -0.454 e. The summed E-state index contributed by atoms with van der Waals surface area (Å²) in [6.45, 7) is 0.300. The van der Waals surface area contributed by atoms with Crippen molar-refractivity contribution >= 4 is 23.3 Å². The van der Waals surface area contributed by atoms with Crippen LogP contribution in [0.1, 0.15) is 15.9 Å². The lowest BCUT2D eigenvalue weighted by Crippen LogP contribution is -2.13. The summed E-state index contributed by atoms with van der Waals surface area (Å²) < 4.78 is 25.8. The highest BCUT2D eigenvalue weighted by Gasteiger charge is 2.17. The number of halogens is 2. The Balaban J connectivity index is 1.47. The van der Waals surface area contributed by atoms with E-state index in [9.17, 15) is 9.18 Å². The molecule has 6 nitrogen and oxygen atoms in total. The van der Waals surface area contributed by atoms with E-state index >= 15 is 0 Å². The third-order valence-corrected chi connectivity index (χ3v) is 4.25. The van der Waals surface area contributed by atoms with Crippen LogP contribution in [-0.2, 0) is 6.54 Å². The van der Waals surface area contributed by atoms with E-state index < -0.39 is 5.82 Å². The Morgan fingerprint density at radius 2 is 2.08 bits per heavy atom. The highest BCUT2D eigenvalue weighted by Crippen LogP contribution is 2.32. The molecule has 2 heterocycles. The number of hydrogen-bond acceptors (Lipinski definition) is 4. The van der Waals surface area contributed by atoms with Crippen molar-refractivity contribution in [3.05, 3.63) is 70.6 Å². The molecule has 0 unspecified atom stereocenters. The summed E-state index contributed by atoms with van der Waals surface area (Å²) in [6, 6.07) is 11.0. The fourth-order valence-corrected chi connectivity index (χ4v) is 2.81. The van der Waals surface area contributed by atoms with Crippen LogP contribution in [0.25, 0.3) is 0 Å².